The fraction of sp³-hybridized carbons (Fsp3) is 0.125. The first-order valence-corrected chi connectivity index (χ1v) is 6.57. The van der Waals surface area contributed by atoms with Gasteiger partial charge in [0.25, 0.3) is 0 Å². The molecule has 1 aliphatic carbocycles. The highest BCUT2D eigenvalue weighted by Gasteiger charge is 2.03. The zero-order valence-corrected chi connectivity index (χ0v) is 10.7. The van der Waals surface area contributed by atoms with Crippen LogP contribution >= 0.6 is 11.8 Å². The number of hydrogen-bond donors (Lipinski definition) is 0. The molecular formula is C16H16S. The predicted molar refractivity (Wildman–Crippen MR) is 78.0 cm³/mol. The van der Waals surface area contributed by atoms with Gasteiger partial charge in [-0.2, -0.15) is 0 Å². The second-order valence-corrected chi connectivity index (χ2v) is 5.14. The molecule has 0 spiro atoms. The van der Waals surface area contributed by atoms with Crippen LogP contribution in [0.25, 0.3) is 5.57 Å². The van der Waals surface area contributed by atoms with Crippen LogP contribution in [0.2, 0.25) is 0 Å². The van der Waals surface area contributed by atoms with Gasteiger partial charge < -0.3 is 0 Å². The molecule has 1 aromatic rings. The van der Waals surface area contributed by atoms with E-state index in [2.05, 4.69) is 55.7 Å². The van der Waals surface area contributed by atoms with E-state index in [0.717, 1.165) is 17.7 Å². The molecule has 17 heavy (non-hydrogen) atoms. The molecule has 0 saturated carbocycles. The second kappa shape index (κ2) is 5.74. The van der Waals surface area contributed by atoms with Gasteiger partial charge >= 0.3 is 0 Å². The SMILES string of the molecule is C=CC(=C)Sc1cccc(C2=CCCC=C2)c1. The highest BCUT2D eigenvalue weighted by atomic mass is 32.2. The summed E-state index contributed by atoms with van der Waals surface area (Å²) in [5.74, 6) is 0. The molecule has 0 amide bonds. The summed E-state index contributed by atoms with van der Waals surface area (Å²) < 4.78 is 0. The second-order valence-electron chi connectivity index (χ2n) is 3.94. The maximum Gasteiger partial charge on any atom is 0.0128 e. The molecule has 0 heterocycles. The van der Waals surface area contributed by atoms with E-state index >= 15 is 0 Å². The Bertz CT molecular complexity index is 492. The molecule has 0 nitrogen and oxygen atoms in total. The van der Waals surface area contributed by atoms with Crippen LogP contribution in [0.1, 0.15) is 18.4 Å². The van der Waals surface area contributed by atoms with Crippen molar-refractivity contribution in [3.63, 3.8) is 0 Å². The topological polar surface area (TPSA) is 0 Å². The van der Waals surface area contributed by atoms with Crippen LogP contribution in [0.4, 0.5) is 0 Å². The Morgan fingerprint density at radius 3 is 2.88 bits per heavy atom. The van der Waals surface area contributed by atoms with Crippen molar-refractivity contribution in [3.05, 3.63) is 72.2 Å². The van der Waals surface area contributed by atoms with Gasteiger partial charge in [0, 0.05) is 9.80 Å². The average molecular weight is 240 g/mol. The van der Waals surface area contributed by atoms with E-state index in [4.69, 9.17) is 0 Å². The minimum atomic E-state index is 0.982. The van der Waals surface area contributed by atoms with Gasteiger partial charge in [0.1, 0.15) is 0 Å². The Labute approximate surface area is 107 Å². The number of hydrogen-bond acceptors (Lipinski definition) is 1. The molecule has 1 heteroatoms. The third-order valence-electron chi connectivity index (χ3n) is 2.64. The Hall–Kier alpha value is -1.47. The summed E-state index contributed by atoms with van der Waals surface area (Å²) in [5.41, 5.74) is 2.60. The number of thioether (sulfide) groups is 1. The molecule has 2 rings (SSSR count). The fourth-order valence-corrected chi connectivity index (χ4v) is 2.48. The lowest BCUT2D eigenvalue weighted by Gasteiger charge is -2.09. The molecule has 0 radical (unpaired) electrons. The van der Waals surface area contributed by atoms with Crippen molar-refractivity contribution in [2.45, 2.75) is 17.7 Å². The first-order chi connectivity index (χ1) is 8.29. The molecule has 0 aromatic heterocycles. The summed E-state index contributed by atoms with van der Waals surface area (Å²) in [6.07, 6.45) is 10.8. The van der Waals surface area contributed by atoms with Gasteiger partial charge in [-0.15, -0.1) is 0 Å². The number of benzene rings is 1. The molecule has 0 N–H and O–H groups in total. The van der Waals surface area contributed by atoms with Crippen molar-refractivity contribution in [1.82, 2.24) is 0 Å². The third kappa shape index (κ3) is 3.24. The van der Waals surface area contributed by atoms with Crippen molar-refractivity contribution in [2.75, 3.05) is 0 Å². The molecule has 1 aromatic carbocycles. The summed E-state index contributed by atoms with van der Waals surface area (Å²) in [4.78, 5) is 2.20. The van der Waals surface area contributed by atoms with Gasteiger partial charge in [-0.05, 0) is 36.1 Å². The lowest BCUT2D eigenvalue weighted by Crippen LogP contribution is -1.86. The predicted octanol–water partition coefficient (Wildman–Crippen LogP) is 5.21. The van der Waals surface area contributed by atoms with Crippen molar-refractivity contribution in [2.24, 2.45) is 0 Å². The smallest absolute Gasteiger partial charge is 0.0128 e. The van der Waals surface area contributed by atoms with E-state index < -0.39 is 0 Å². The standard InChI is InChI=1S/C16H16S/c1-3-13(2)17-16-11-7-10-15(12-16)14-8-5-4-6-9-14/h3,5,7-12H,1-2,4,6H2. The monoisotopic (exact) mass is 240 g/mol. The van der Waals surface area contributed by atoms with Crippen LogP contribution in [-0.2, 0) is 0 Å². The van der Waals surface area contributed by atoms with Crippen molar-refractivity contribution >= 4 is 17.3 Å². The first kappa shape index (κ1) is 12.0. The van der Waals surface area contributed by atoms with Crippen molar-refractivity contribution in [3.8, 4) is 0 Å². The summed E-state index contributed by atoms with van der Waals surface area (Å²) in [6.45, 7) is 7.65. The Morgan fingerprint density at radius 1 is 1.29 bits per heavy atom. The normalized spacial score (nSPS) is 14.2. The maximum absolute atomic E-state index is 3.93. The summed E-state index contributed by atoms with van der Waals surface area (Å²) in [6, 6.07) is 8.57. The number of allylic oxidation sites excluding steroid dienone is 5. The van der Waals surface area contributed by atoms with E-state index in [-0.39, 0.29) is 0 Å². The van der Waals surface area contributed by atoms with Crippen molar-refractivity contribution < 1.29 is 0 Å². The van der Waals surface area contributed by atoms with E-state index in [1.54, 1.807) is 17.8 Å². The molecule has 1 aliphatic rings. The Balaban J connectivity index is 2.22. The Morgan fingerprint density at radius 2 is 2.18 bits per heavy atom. The highest BCUT2D eigenvalue weighted by Crippen LogP contribution is 2.29. The van der Waals surface area contributed by atoms with Gasteiger partial charge in [0.05, 0.1) is 0 Å². The van der Waals surface area contributed by atoms with E-state index in [1.807, 2.05) is 0 Å². The van der Waals surface area contributed by atoms with Crippen LogP contribution in [0.3, 0.4) is 0 Å². The molecule has 86 valence electrons. The summed E-state index contributed by atoms with van der Waals surface area (Å²) >= 11 is 1.66. The summed E-state index contributed by atoms with van der Waals surface area (Å²) in [5, 5.41) is 0. The molecule has 0 fully saturated rings. The lowest BCUT2D eigenvalue weighted by molar-refractivity contribution is 1.04. The lowest BCUT2D eigenvalue weighted by atomic mass is 10.00. The highest BCUT2D eigenvalue weighted by molar-refractivity contribution is 8.03. The van der Waals surface area contributed by atoms with Gasteiger partial charge in [-0.25, -0.2) is 0 Å². The largest absolute Gasteiger partial charge is 0.0980 e. The van der Waals surface area contributed by atoms with E-state index in [0.29, 0.717) is 0 Å². The van der Waals surface area contributed by atoms with Crippen LogP contribution in [-0.4, -0.2) is 0 Å². The van der Waals surface area contributed by atoms with E-state index in [1.165, 1.54) is 16.0 Å². The van der Waals surface area contributed by atoms with Crippen molar-refractivity contribution in [1.29, 1.82) is 0 Å². The fourth-order valence-electron chi connectivity index (χ4n) is 1.76. The number of rotatable bonds is 4. The minimum absolute atomic E-state index is 0.982. The average Bonchev–Trinajstić information content (AvgIpc) is 2.40. The van der Waals surface area contributed by atoms with Crippen LogP contribution in [0.5, 0.6) is 0 Å². The maximum atomic E-state index is 3.93. The van der Waals surface area contributed by atoms with Gasteiger partial charge in [-0.3, -0.25) is 0 Å². The molecule has 0 saturated heterocycles. The zero-order chi connectivity index (χ0) is 12.1. The van der Waals surface area contributed by atoms with Crippen LogP contribution in [0.15, 0.2) is 71.5 Å². The van der Waals surface area contributed by atoms with Gasteiger partial charge in [-0.1, -0.05) is 61.4 Å². The molecule has 0 atom stereocenters. The zero-order valence-electron chi connectivity index (χ0n) is 9.86. The molecule has 0 unspecified atom stereocenters. The van der Waals surface area contributed by atoms with Gasteiger partial charge in [0.15, 0.2) is 0 Å². The molecule has 0 aliphatic heterocycles. The first-order valence-electron chi connectivity index (χ1n) is 5.76. The van der Waals surface area contributed by atoms with Crippen LogP contribution in [0, 0.1) is 0 Å². The molecule has 0 bridgehead atoms. The minimum Gasteiger partial charge on any atom is -0.0980 e. The quantitative estimate of drug-likeness (QED) is 0.514. The molecular weight excluding hydrogens is 224 g/mol. The van der Waals surface area contributed by atoms with E-state index in [9.17, 15) is 0 Å². The Kier molecular flexibility index (Phi) is 4.05. The van der Waals surface area contributed by atoms with Crippen LogP contribution < -0.4 is 0 Å². The summed E-state index contributed by atoms with van der Waals surface area (Å²) in [7, 11) is 0. The van der Waals surface area contributed by atoms with Gasteiger partial charge in [0.2, 0.25) is 0 Å². The third-order valence-corrected chi connectivity index (χ3v) is 3.56.